The number of benzene rings is 2. The van der Waals surface area contributed by atoms with Crippen LogP contribution in [0.5, 0.6) is 5.75 Å². The Hall–Kier alpha value is -1.81. The van der Waals surface area contributed by atoms with E-state index in [0.717, 1.165) is 28.8 Å². The number of hydrogen-bond donors (Lipinski definition) is 1. The van der Waals surface area contributed by atoms with Gasteiger partial charge in [-0.15, -0.1) is 0 Å². The highest BCUT2D eigenvalue weighted by atomic mass is 79.9. The topological polar surface area (TPSA) is 38.3 Å². The van der Waals surface area contributed by atoms with E-state index in [2.05, 4.69) is 28.2 Å². The van der Waals surface area contributed by atoms with Gasteiger partial charge in [0.25, 0.3) is 5.91 Å². The molecule has 0 aliphatic rings. The van der Waals surface area contributed by atoms with E-state index in [1.54, 1.807) is 12.1 Å². The summed E-state index contributed by atoms with van der Waals surface area (Å²) in [6.45, 7) is 2.81. The number of carbonyl (C=O) groups excluding carboxylic acids is 1. The smallest absolute Gasteiger partial charge is 0.255 e. The van der Waals surface area contributed by atoms with Gasteiger partial charge in [-0.25, -0.2) is 0 Å². The zero-order valence-electron chi connectivity index (χ0n) is 11.9. The van der Waals surface area contributed by atoms with Gasteiger partial charge >= 0.3 is 0 Å². The second kappa shape index (κ2) is 7.84. The molecule has 0 saturated carbocycles. The maximum Gasteiger partial charge on any atom is 0.255 e. The van der Waals surface area contributed by atoms with Gasteiger partial charge in [0.1, 0.15) is 5.75 Å². The van der Waals surface area contributed by atoms with Gasteiger partial charge in [-0.3, -0.25) is 4.79 Å². The Bertz CT molecular complexity index is 599. The largest absolute Gasteiger partial charge is 0.492 e. The number of para-hydroxylation sites is 1. The Balaban J connectivity index is 2.03. The van der Waals surface area contributed by atoms with Crippen LogP contribution in [0.3, 0.4) is 0 Å². The van der Waals surface area contributed by atoms with Crippen molar-refractivity contribution in [1.29, 1.82) is 0 Å². The summed E-state index contributed by atoms with van der Waals surface area (Å²) in [6.07, 6.45) is 2.11. The van der Waals surface area contributed by atoms with Crippen LogP contribution in [0.4, 0.5) is 5.69 Å². The van der Waals surface area contributed by atoms with E-state index in [9.17, 15) is 4.79 Å². The van der Waals surface area contributed by atoms with Crippen LogP contribution in [0.25, 0.3) is 0 Å². The predicted octanol–water partition coefficient (Wildman–Crippen LogP) is 4.88. The summed E-state index contributed by atoms with van der Waals surface area (Å²) in [4.78, 5) is 12.2. The molecule has 0 radical (unpaired) electrons. The lowest BCUT2D eigenvalue weighted by molar-refractivity contribution is 0.102. The lowest BCUT2D eigenvalue weighted by Gasteiger charge is -2.10. The average Bonchev–Trinajstić information content (AvgIpc) is 2.50. The highest BCUT2D eigenvalue weighted by Crippen LogP contribution is 2.26. The molecule has 0 spiro atoms. The third kappa shape index (κ3) is 4.60. The molecule has 0 fully saturated rings. The first-order valence-electron chi connectivity index (χ1n) is 6.99. The summed E-state index contributed by atoms with van der Waals surface area (Å²) < 4.78 is 6.44. The summed E-state index contributed by atoms with van der Waals surface area (Å²) in [5, 5.41) is 2.86. The van der Waals surface area contributed by atoms with Gasteiger partial charge < -0.3 is 10.1 Å². The molecule has 2 rings (SSSR count). The summed E-state index contributed by atoms with van der Waals surface area (Å²) in [7, 11) is 0. The first-order chi connectivity index (χ1) is 10.2. The fourth-order valence-electron chi connectivity index (χ4n) is 1.81. The van der Waals surface area contributed by atoms with E-state index in [1.165, 1.54) is 0 Å². The SMILES string of the molecule is CCCCOc1ccc(C(=O)Nc2ccccc2)cc1Br. The first-order valence-corrected chi connectivity index (χ1v) is 7.78. The van der Waals surface area contributed by atoms with E-state index in [4.69, 9.17) is 4.74 Å². The number of ether oxygens (including phenoxy) is 1. The fourth-order valence-corrected chi connectivity index (χ4v) is 2.30. The van der Waals surface area contributed by atoms with Crippen molar-refractivity contribution in [2.75, 3.05) is 11.9 Å². The maximum atomic E-state index is 12.2. The Kier molecular flexibility index (Phi) is 5.81. The van der Waals surface area contributed by atoms with Crippen molar-refractivity contribution in [2.45, 2.75) is 19.8 Å². The number of anilines is 1. The molecule has 0 bridgehead atoms. The number of nitrogens with one attached hydrogen (secondary N) is 1. The van der Waals surface area contributed by atoms with E-state index in [0.29, 0.717) is 12.2 Å². The van der Waals surface area contributed by atoms with Crippen molar-refractivity contribution in [2.24, 2.45) is 0 Å². The van der Waals surface area contributed by atoms with Crippen molar-refractivity contribution < 1.29 is 9.53 Å². The molecule has 110 valence electrons. The standard InChI is InChI=1S/C17H18BrNO2/c1-2-3-11-21-16-10-9-13(12-15(16)18)17(20)19-14-7-5-4-6-8-14/h4-10,12H,2-3,11H2,1H3,(H,19,20). The Morgan fingerprint density at radius 2 is 1.95 bits per heavy atom. The van der Waals surface area contributed by atoms with Gasteiger partial charge in [0.2, 0.25) is 0 Å². The van der Waals surface area contributed by atoms with Crippen LogP contribution >= 0.6 is 15.9 Å². The molecule has 1 amide bonds. The number of halogens is 1. The highest BCUT2D eigenvalue weighted by Gasteiger charge is 2.09. The first kappa shape index (κ1) is 15.6. The molecule has 0 aromatic heterocycles. The molecule has 0 unspecified atom stereocenters. The minimum absolute atomic E-state index is 0.137. The van der Waals surface area contributed by atoms with Crippen molar-refractivity contribution in [3.63, 3.8) is 0 Å². The Morgan fingerprint density at radius 3 is 2.62 bits per heavy atom. The van der Waals surface area contributed by atoms with Crippen molar-refractivity contribution >= 4 is 27.5 Å². The van der Waals surface area contributed by atoms with E-state index in [1.807, 2.05) is 36.4 Å². The number of unbranched alkanes of at least 4 members (excludes halogenated alkanes) is 1. The third-order valence-corrected chi connectivity index (χ3v) is 3.60. The van der Waals surface area contributed by atoms with Crippen LogP contribution in [0.15, 0.2) is 53.0 Å². The molecule has 0 aliphatic heterocycles. The third-order valence-electron chi connectivity index (χ3n) is 2.98. The van der Waals surface area contributed by atoms with E-state index >= 15 is 0 Å². The molecule has 3 nitrogen and oxygen atoms in total. The zero-order valence-corrected chi connectivity index (χ0v) is 13.5. The quantitative estimate of drug-likeness (QED) is 0.756. The average molecular weight is 348 g/mol. The normalized spacial score (nSPS) is 10.2. The van der Waals surface area contributed by atoms with Gasteiger partial charge in [0.15, 0.2) is 0 Å². The molecule has 2 aromatic rings. The molecule has 0 aliphatic carbocycles. The summed E-state index contributed by atoms with van der Waals surface area (Å²) >= 11 is 3.45. The lowest BCUT2D eigenvalue weighted by Crippen LogP contribution is -2.11. The number of amides is 1. The second-order valence-electron chi connectivity index (χ2n) is 4.67. The fraction of sp³-hybridized carbons (Fsp3) is 0.235. The van der Waals surface area contributed by atoms with Crippen molar-refractivity contribution in [3.8, 4) is 5.75 Å². The Morgan fingerprint density at radius 1 is 1.19 bits per heavy atom. The second-order valence-corrected chi connectivity index (χ2v) is 5.52. The van der Waals surface area contributed by atoms with Gasteiger partial charge in [-0.05, 0) is 52.7 Å². The summed E-state index contributed by atoms with van der Waals surface area (Å²) in [6, 6.07) is 14.8. The molecule has 0 atom stereocenters. The Labute approximate surface area is 133 Å². The van der Waals surface area contributed by atoms with Gasteiger partial charge in [-0.1, -0.05) is 31.5 Å². The molecular formula is C17H18BrNO2. The lowest BCUT2D eigenvalue weighted by atomic mass is 10.2. The van der Waals surface area contributed by atoms with Gasteiger partial charge in [-0.2, -0.15) is 0 Å². The predicted molar refractivity (Wildman–Crippen MR) is 88.9 cm³/mol. The van der Waals surface area contributed by atoms with Crippen LogP contribution in [0, 0.1) is 0 Å². The highest BCUT2D eigenvalue weighted by molar-refractivity contribution is 9.10. The van der Waals surface area contributed by atoms with Crippen LogP contribution in [-0.2, 0) is 0 Å². The zero-order chi connectivity index (χ0) is 15.1. The molecule has 21 heavy (non-hydrogen) atoms. The minimum atomic E-state index is -0.137. The summed E-state index contributed by atoms with van der Waals surface area (Å²) in [5.74, 6) is 0.627. The molecule has 1 N–H and O–H groups in total. The van der Waals surface area contributed by atoms with E-state index in [-0.39, 0.29) is 5.91 Å². The molecule has 2 aromatic carbocycles. The van der Waals surface area contributed by atoms with Crippen LogP contribution < -0.4 is 10.1 Å². The maximum absolute atomic E-state index is 12.2. The molecule has 4 heteroatoms. The molecular weight excluding hydrogens is 330 g/mol. The molecule has 0 heterocycles. The summed E-state index contributed by atoms with van der Waals surface area (Å²) in [5.41, 5.74) is 1.37. The number of hydrogen-bond acceptors (Lipinski definition) is 2. The number of carbonyl (C=O) groups is 1. The number of rotatable bonds is 6. The van der Waals surface area contributed by atoms with Crippen molar-refractivity contribution in [3.05, 3.63) is 58.6 Å². The molecule has 0 saturated heterocycles. The van der Waals surface area contributed by atoms with Gasteiger partial charge in [0.05, 0.1) is 11.1 Å². The van der Waals surface area contributed by atoms with Gasteiger partial charge in [0, 0.05) is 11.3 Å². The van der Waals surface area contributed by atoms with E-state index < -0.39 is 0 Å². The van der Waals surface area contributed by atoms with Crippen LogP contribution in [-0.4, -0.2) is 12.5 Å². The minimum Gasteiger partial charge on any atom is -0.492 e. The van der Waals surface area contributed by atoms with Crippen LogP contribution in [0.2, 0.25) is 0 Å². The monoisotopic (exact) mass is 347 g/mol. The van der Waals surface area contributed by atoms with Crippen molar-refractivity contribution in [1.82, 2.24) is 0 Å². The van der Waals surface area contributed by atoms with Crippen LogP contribution in [0.1, 0.15) is 30.1 Å².